The van der Waals surface area contributed by atoms with E-state index in [4.69, 9.17) is 0 Å². The number of benzene rings is 2. The third-order valence-corrected chi connectivity index (χ3v) is 2.88. The molecule has 0 radical (unpaired) electrons. The van der Waals surface area contributed by atoms with Crippen LogP contribution in [0.1, 0.15) is 10.5 Å². The Hall–Kier alpha value is -2.75. The van der Waals surface area contributed by atoms with Gasteiger partial charge in [0.1, 0.15) is 11.4 Å². The van der Waals surface area contributed by atoms with E-state index < -0.39 is 0 Å². The maximum Gasteiger partial charge on any atom is 0.272 e. The van der Waals surface area contributed by atoms with E-state index in [1.807, 2.05) is 30.3 Å². The standard InChI is InChI=1S/C15H12N2O2/c18-12-6-7-13-10(8-12)9-14(17-13)15(19)16-11-4-2-1-3-5-11/h1-9,17-18H,(H,16,19). The van der Waals surface area contributed by atoms with Crippen molar-refractivity contribution in [3.63, 3.8) is 0 Å². The van der Waals surface area contributed by atoms with E-state index in [2.05, 4.69) is 10.3 Å². The van der Waals surface area contributed by atoms with Gasteiger partial charge in [-0.25, -0.2) is 0 Å². The average Bonchev–Trinajstić information content (AvgIpc) is 2.83. The van der Waals surface area contributed by atoms with Crippen LogP contribution in [0.25, 0.3) is 10.9 Å². The zero-order chi connectivity index (χ0) is 13.2. The molecule has 0 unspecified atom stereocenters. The number of nitrogens with one attached hydrogen (secondary N) is 2. The second kappa shape index (κ2) is 4.49. The van der Waals surface area contributed by atoms with Crippen LogP contribution in [0.15, 0.2) is 54.6 Å². The Morgan fingerprint density at radius 1 is 1.05 bits per heavy atom. The Morgan fingerprint density at radius 2 is 1.84 bits per heavy atom. The minimum Gasteiger partial charge on any atom is -0.508 e. The first-order valence-corrected chi connectivity index (χ1v) is 5.90. The molecule has 94 valence electrons. The average molecular weight is 252 g/mol. The largest absolute Gasteiger partial charge is 0.508 e. The first-order chi connectivity index (χ1) is 9.22. The van der Waals surface area contributed by atoms with Crippen LogP contribution in [-0.2, 0) is 0 Å². The molecule has 0 fully saturated rings. The van der Waals surface area contributed by atoms with Gasteiger partial charge >= 0.3 is 0 Å². The predicted octanol–water partition coefficient (Wildman–Crippen LogP) is 3.13. The zero-order valence-electron chi connectivity index (χ0n) is 10.1. The summed E-state index contributed by atoms with van der Waals surface area (Å²) in [6, 6.07) is 15.9. The third-order valence-electron chi connectivity index (χ3n) is 2.88. The van der Waals surface area contributed by atoms with Crippen molar-refractivity contribution in [1.29, 1.82) is 0 Å². The summed E-state index contributed by atoms with van der Waals surface area (Å²) < 4.78 is 0. The summed E-state index contributed by atoms with van der Waals surface area (Å²) in [5.41, 5.74) is 2.02. The molecule has 0 aliphatic heterocycles. The number of phenols is 1. The Bertz CT molecular complexity index is 732. The molecule has 0 spiro atoms. The lowest BCUT2D eigenvalue weighted by atomic mass is 10.2. The van der Waals surface area contributed by atoms with E-state index in [0.717, 1.165) is 16.6 Å². The summed E-state index contributed by atoms with van der Waals surface area (Å²) >= 11 is 0. The Kier molecular flexibility index (Phi) is 2.68. The van der Waals surface area contributed by atoms with Crippen LogP contribution in [0, 0.1) is 0 Å². The summed E-state index contributed by atoms with van der Waals surface area (Å²) in [5.74, 6) is -0.0246. The molecule has 1 aromatic heterocycles. The van der Waals surface area contributed by atoms with E-state index in [1.165, 1.54) is 0 Å². The zero-order valence-corrected chi connectivity index (χ0v) is 10.1. The molecular weight excluding hydrogens is 240 g/mol. The number of rotatable bonds is 2. The molecule has 0 bridgehead atoms. The molecule has 0 saturated heterocycles. The lowest BCUT2D eigenvalue weighted by Gasteiger charge is -2.02. The monoisotopic (exact) mass is 252 g/mol. The number of H-pyrrole nitrogens is 1. The number of para-hydroxylation sites is 1. The number of phenolic OH excluding ortho intramolecular Hbond substituents is 1. The molecule has 1 heterocycles. The van der Waals surface area contributed by atoms with Gasteiger partial charge < -0.3 is 15.4 Å². The molecule has 0 saturated carbocycles. The molecule has 0 aliphatic rings. The number of amides is 1. The minimum absolute atomic E-state index is 0.182. The van der Waals surface area contributed by atoms with Crippen molar-refractivity contribution in [2.45, 2.75) is 0 Å². The number of fused-ring (bicyclic) bond motifs is 1. The van der Waals surface area contributed by atoms with E-state index in [-0.39, 0.29) is 11.7 Å². The van der Waals surface area contributed by atoms with Gasteiger partial charge in [0.2, 0.25) is 0 Å². The molecule has 0 atom stereocenters. The van der Waals surface area contributed by atoms with Crippen molar-refractivity contribution in [3.05, 3.63) is 60.3 Å². The highest BCUT2D eigenvalue weighted by Gasteiger charge is 2.09. The maximum atomic E-state index is 12.1. The smallest absolute Gasteiger partial charge is 0.272 e. The van der Waals surface area contributed by atoms with Crippen LogP contribution in [0.4, 0.5) is 5.69 Å². The quantitative estimate of drug-likeness (QED) is 0.656. The highest BCUT2D eigenvalue weighted by atomic mass is 16.3. The van der Waals surface area contributed by atoms with Gasteiger partial charge in [-0.3, -0.25) is 4.79 Å². The Labute approximate surface area is 109 Å². The van der Waals surface area contributed by atoms with Crippen molar-refractivity contribution in [1.82, 2.24) is 4.98 Å². The van der Waals surface area contributed by atoms with Crippen LogP contribution in [-0.4, -0.2) is 16.0 Å². The van der Waals surface area contributed by atoms with Crippen LogP contribution in [0.5, 0.6) is 5.75 Å². The maximum absolute atomic E-state index is 12.1. The summed E-state index contributed by atoms with van der Waals surface area (Å²) in [6.45, 7) is 0. The second-order valence-corrected chi connectivity index (χ2v) is 4.27. The van der Waals surface area contributed by atoms with Crippen LogP contribution < -0.4 is 5.32 Å². The Morgan fingerprint density at radius 3 is 2.63 bits per heavy atom. The first-order valence-electron chi connectivity index (χ1n) is 5.90. The molecule has 3 rings (SSSR count). The van der Waals surface area contributed by atoms with Crippen molar-refractivity contribution in [2.75, 3.05) is 5.32 Å². The van der Waals surface area contributed by atoms with E-state index >= 15 is 0 Å². The van der Waals surface area contributed by atoms with Gasteiger partial charge in [-0.05, 0) is 36.4 Å². The lowest BCUT2D eigenvalue weighted by molar-refractivity contribution is 0.102. The minimum atomic E-state index is -0.207. The normalized spacial score (nSPS) is 10.5. The predicted molar refractivity (Wildman–Crippen MR) is 74.4 cm³/mol. The van der Waals surface area contributed by atoms with E-state index in [0.29, 0.717) is 5.69 Å². The molecule has 1 amide bonds. The van der Waals surface area contributed by atoms with Crippen molar-refractivity contribution in [2.24, 2.45) is 0 Å². The van der Waals surface area contributed by atoms with Crippen LogP contribution in [0.3, 0.4) is 0 Å². The summed E-state index contributed by atoms with van der Waals surface area (Å²) in [4.78, 5) is 15.1. The molecule has 0 aliphatic carbocycles. The number of hydrogen-bond donors (Lipinski definition) is 3. The lowest BCUT2D eigenvalue weighted by Crippen LogP contribution is -2.11. The number of hydrogen-bond acceptors (Lipinski definition) is 2. The van der Waals surface area contributed by atoms with Crippen molar-refractivity contribution < 1.29 is 9.90 Å². The molecular formula is C15H12N2O2. The summed E-state index contributed by atoms with van der Waals surface area (Å²) in [5, 5.41) is 13.0. The molecule has 3 aromatic rings. The fourth-order valence-corrected chi connectivity index (χ4v) is 1.96. The second-order valence-electron chi connectivity index (χ2n) is 4.27. The highest BCUT2D eigenvalue weighted by molar-refractivity contribution is 6.06. The summed E-state index contributed by atoms with van der Waals surface area (Å²) in [7, 11) is 0. The van der Waals surface area contributed by atoms with Gasteiger partial charge in [-0.15, -0.1) is 0 Å². The summed E-state index contributed by atoms with van der Waals surface area (Å²) in [6.07, 6.45) is 0. The fraction of sp³-hybridized carbons (Fsp3) is 0. The number of aromatic amines is 1. The fourth-order valence-electron chi connectivity index (χ4n) is 1.96. The number of carbonyl (C=O) groups is 1. The topological polar surface area (TPSA) is 65.1 Å². The molecule has 3 N–H and O–H groups in total. The van der Waals surface area contributed by atoms with Crippen LogP contribution in [0.2, 0.25) is 0 Å². The SMILES string of the molecule is O=C(Nc1ccccc1)c1cc2cc(O)ccc2[nH]1. The van der Waals surface area contributed by atoms with E-state index in [9.17, 15) is 9.90 Å². The number of aromatic hydroxyl groups is 1. The number of carbonyl (C=O) groups excluding carboxylic acids is 1. The van der Waals surface area contributed by atoms with Gasteiger partial charge in [-0.1, -0.05) is 18.2 Å². The third kappa shape index (κ3) is 2.28. The number of anilines is 1. The van der Waals surface area contributed by atoms with Gasteiger partial charge in [0.05, 0.1) is 0 Å². The van der Waals surface area contributed by atoms with Gasteiger partial charge in [0.15, 0.2) is 0 Å². The van der Waals surface area contributed by atoms with Crippen LogP contribution >= 0.6 is 0 Å². The molecule has 2 aromatic carbocycles. The first kappa shape index (κ1) is 11.3. The van der Waals surface area contributed by atoms with Gasteiger partial charge in [0.25, 0.3) is 5.91 Å². The van der Waals surface area contributed by atoms with Crippen molar-refractivity contribution >= 4 is 22.5 Å². The molecule has 19 heavy (non-hydrogen) atoms. The van der Waals surface area contributed by atoms with Crippen molar-refractivity contribution in [3.8, 4) is 5.75 Å². The Balaban J connectivity index is 1.89. The number of aromatic nitrogens is 1. The molecule has 4 nitrogen and oxygen atoms in total. The van der Waals surface area contributed by atoms with Gasteiger partial charge in [-0.2, -0.15) is 0 Å². The highest BCUT2D eigenvalue weighted by Crippen LogP contribution is 2.21. The molecule has 4 heteroatoms. The van der Waals surface area contributed by atoms with Gasteiger partial charge in [0, 0.05) is 16.6 Å². The van der Waals surface area contributed by atoms with E-state index in [1.54, 1.807) is 24.3 Å².